The average Bonchev–Trinajstić information content (AvgIpc) is 2.46. The summed E-state index contributed by atoms with van der Waals surface area (Å²) in [6, 6.07) is 5.07. The second kappa shape index (κ2) is 6.79. The monoisotopic (exact) mass is 295 g/mol. The molecule has 0 saturated heterocycles. The fourth-order valence-electron chi connectivity index (χ4n) is 1.92. The van der Waals surface area contributed by atoms with Crippen LogP contribution in [0.15, 0.2) is 18.2 Å². The number of benzene rings is 1. The zero-order valence-corrected chi connectivity index (χ0v) is 13.2. The largest absolute Gasteiger partial charge is 0.465 e. The van der Waals surface area contributed by atoms with Gasteiger partial charge < -0.3 is 10.5 Å². The van der Waals surface area contributed by atoms with Crippen molar-refractivity contribution in [2.45, 2.75) is 31.9 Å². The summed E-state index contributed by atoms with van der Waals surface area (Å²) in [5, 5.41) is 0. The summed E-state index contributed by atoms with van der Waals surface area (Å²) in [7, 11) is 0. The highest BCUT2D eigenvalue weighted by Crippen LogP contribution is 2.39. The first-order chi connectivity index (χ1) is 9.40. The molecule has 5 heteroatoms. The highest BCUT2D eigenvalue weighted by molar-refractivity contribution is 8.00. The van der Waals surface area contributed by atoms with Crippen LogP contribution in [0.2, 0.25) is 0 Å². The third kappa shape index (κ3) is 3.15. The van der Waals surface area contributed by atoms with Crippen molar-refractivity contribution in [1.82, 2.24) is 0 Å². The van der Waals surface area contributed by atoms with E-state index in [-0.39, 0.29) is 11.8 Å². The first-order valence-electron chi connectivity index (χ1n) is 6.56. The summed E-state index contributed by atoms with van der Waals surface area (Å²) < 4.78 is 4.22. The van der Waals surface area contributed by atoms with Gasteiger partial charge in [-0.3, -0.25) is 9.59 Å². The molecule has 0 heterocycles. The lowest BCUT2D eigenvalue weighted by molar-refractivity contribution is -0.145. The first-order valence-corrected chi connectivity index (χ1v) is 7.78. The smallest absolute Gasteiger partial charge is 0.326 e. The van der Waals surface area contributed by atoms with Crippen LogP contribution in [0, 0.1) is 0 Å². The fraction of sp³-hybridized carbons (Fsp3) is 0.467. The lowest BCUT2D eigenvalue weighted by atomic mass is 9.94. The Kier molecular flexibility index (Phi) is 5.62. The number of Topliss-reactive ketones (excluding diaryl/α,β-unsaturated/α-hetero) is 1. The van der Waals surface area contributed by atoms with Gasteiger partial charge in [0.2, 0.25) is 0 Å². The molecule has 1 unspecified atom stereocenters. The van der Waals surface area contributed by atoms with Gasteiger partial charge >= 0.3 is 5.97 Å². The summed E-state index contributed by atoms with van der Waals surface area (Å²) >= 11 is 1.35. The van der Waals surface area contributed by atoms with E-state index in [0.29, 0.717) is 29.8 Å². The Labute approximate surface area is 124 Å². The summed E-state index contributed by atoms with van der Waals surface area (Å²) in [5.74, 6) is -0.321. The van der Waals surface area contributed by atoms with Crippen LogP contribution in [0.4, 0.5) is 5.69 Å². The SMILES string of the molecule is CCOC(=O)C(C)(SC)c1cc(C(=O)CC)ccc1N. The Morgan fingerprint density at radius 3 is 2.50 bits per heavy atom. The van der Waals surface area contributed by atoms with Gasteiger partial charge in [-0.05, 0) is 38.3 Å². The van der Waals surface area contributed by atoms with E-state index < -0.39 is 4.75 Å². The zero-order chi connectivity index (χ0) is 15.3. The predicted molar refractivity (Wildman–Crippen MR) is 83.0 cm³/mol. The van der Waals surface area contributed by atoms with E-state index in [0.717, 1.165) is 0 Å². The molecule has 20 heavy (non-hydrogen) atoms. The average molecular weight is 295 g/mol. The summed E-state index contributed by atoms with van der Waals surface area (Å²) in [6.45, 7) is 5.64. The van der Waals surface area contributed by atoms with Crippen LogP contribution in [0.25, 0.3) is 0 Å². The van der Waals surface area contributed by atoms with Crippen LogP contribution in [-0.2, 0) is 14.3 Å². The van der Waals surface area contributed by atoms with Crippen molar-refractivity contribution < 1.29 is 14.3 Å². The number of hydrogen-bond acceptors (Lipinski definition) is 5. The number of nitrogens with two attached hydrogens (primary N) is 1. The van der Waals surface area contributed by atoms with Crippen LogP contribution in [0.3, 0.4) is 0 Å². The maximum atomic E-state index is 12.2. The highest BCUT2D eigenvalue weighted by atomic mass is 32.2. The van der Waals surface area contributed by atoms with Crippen LogP contribution in [0.1, 0.15) is 43.1 Å². The molecule has 1 atom stereocenters. The van der Waals surface area contributed by atoms with Gasteiger partial charge in [0.15, 0.2) is 5.78 Å². The third-order valence-corrected chi connectivity index (χ3v) is 4.49. The van der Waals surface area contributed by atoms with Crippen molar-refractivity contribution in [1.29, 1.82) is 0 Å². The molecule has 1 aromatic rings. The molecule has 0 spiro atoms. The van der Waals surface area contributed by atoms with Crippen LogP contribution < -0.4 is 5.73 Å². The maximum absolute atomic E-state index is 12.2. The van der Waals surface area contributed by atoms with E-state index >= 15 is 0 Å². The van der Waals surface area contributed by atoms with Crippen molar-refractivity contribution in [2.24, 2.45) is 0 Å². The van der Waals surface area contributed by atoms with Gasteiger partial charge in [-0.25, -0.2) is 0 Å². The summed E-state index contributed by atoms with van der Waals surface area (Å²) in [5.41, 5.74) is 7.68. The van der Waals surface area contributed by atoms with Crippen LogP contribution in [0.5, 0.6) is 0 Å². The normalized spacial score (nSPS) is 13.6. The standard InChI is InChI=1S/C15H21NO3S/c1-5-13(17)10-7-8-12(16)11(9-10)15(3,20-4)14(18)19-6-2/h7-9H,5-6,16H2,1-4H3. The molecule has 0 aliphatic heterocycles. The van der Waals surface area contributed by atoms with Crippen molar-refractivity contribution >= 4 is 29.2 Å². The Bertz CT molecular complexity index is 516. The maximum Gasteiger partial charge on any atom is 0.326 e. The minimum atomic E-state index is -0.913. The molecule has 0 fully saturated rings. The number of ketones is 1. The zero-order valence-electron chi connectivity index (χ0n) is 12.4. The van der Waals surface area contributed by atoms with Gasteiger partial charge in [-0.15, -0.1) is 11.8 Å². The third-order valence-electron chi connectivity index (χ3n) is 3.28. The van der Waals surface area contributed by atoms with E-state index in [1.54, 1.807) is 39.0 Å². The number of anilines is 1. The summed E-state index contributed by atoms with van der Waals surface area (Å²) in [4.78, 5) is 24.0. The number of esters is 1. The Morgan fingerprint density at radius 2 is 2.00 bits per heavy atom. The summed E-state index contributed by atoms with van der Waals surface area (Å²) in [6.07, 6.45) is 2.24. The van der Waals surface area contributed by atoms with Crippen molar-refractivity contribution in [3.8, 4) is 0 Å². The van der Waals surface area contributed by atoms with Gasteiger partial charge in [-0.1, -0.05) is 6.92 Å². The number of hydrogen-bond donors (Lipinski definition) is 1. The van der Waals surface area contributed by atoms with Crippen molar-refractivity contribution in [2.75, 3.05) is 18.6 Å². The van der Waals surface area contributed by atoms with Crippen molar-refractivity contribution in [3.63, 3.8) is 0 Å². The fourth-order valence-corrected chi connectivity index (χ4v) is 2.54. The lowest BCUT2D eigenvalue weighted by Crippen LogP contribution is -2.32. The molecule has 0 aliphatic carbocycles. The minimum Gasteiger partial charge on any atom is -0.465 e. The first kappa shape index (κ1) is 16.6. The topological polar surface area (TPSA) is 69.4 Å². The van der Waals surface area contributed by atoms with E-state index in [1.165, 1.54) is 11.8 Å². The molecule has 0 radical (unpaired) electrons. The number of nitrogen functional groups attached to an aromatic ring is 1. The Morgan fingerprint density at radius 1 is 1.35 bits per heavy atom. The number of thioether (sulfide) groups is 1. The van der Waals surface area contributed by atoms with Gasteiger partial charge in [-0.2, -0.15) is 0 Å². The second-order valence-electron chi connectivity index (χ2n) is 4.54. The number of carbonyl (C=O) groups excluding carboxylic acids is 2. The molecular formula is C15H21NO3S. The molecule has 1 aromatic carbocycles. The molecule has 0 amide bonds. The molecule has 0 aromatic heterocycles. The highest BCUT2D eigenvalue weighted by Gasteiger charge is 2.38. The lowest BCUT2D eigenvalue weighted by Gasteiger charge is -2.27. The predicted octanol–water partition coefficient (Wildman–Crippen LogP) is 3.00. The molecule has 0 saturated carbocycles. The molecule has 110 valence electrons. The van der Waals surface area contributed by atoms with E-state index in [1.807, 2.05) is 6.26 Å². The molecule has 0 bridgehead atoms. The molecule has 2 N–H and O–H groups in total. The van der Waals surface area contributed by atoms with E-state index in [9.17, 15) is 9.59 Å². The van der Waals surface area contributed by atoms with Crippen LogP contribution >= 0.6 is 11.8 Å². The quantitative estimate of drug-likeness (QED) is 0.496. The van der Waals surface area contributed by atoms with E-state index in [2.05, 4.69) is 0 Å². The second-order valence-corrected chi connectivity index (χ2v) is 5.76. The molecule has 0 aliphatic rings. The van der Waals surface area contributed by atoms with Crippen LogP contribution in [-0.4, -0.2) is 24.6 Å². The van der Waals surface area contributed by atoms with Gasteiger partial charge in [0.05, 0.1) is 6.61 Å². The Balaban J connectivity index is 3.34. The molecule has 1 rings (SSSR count). The number of carbonyl (C=O) groups is 2. The number of rotatable bonds is 6. The molecule has 4 nitrogen and oxygen atoms in total. The van der Waals surface area contributed by atoms with Gasteiger partial charge in [0.25, 0.3) is 0 Å². The Hall–Kier alpha value is -1.49. The minimum absolute atomic E-state index is 0.0264. The van der Waals surface area contributed by atoms with Gasteiger partial charge in [0, 0.05) is 23.2 Å². The molecular weight excluding hydrogens is 274 g/mol. The number of ether oxygens (including phenoxy) is 1. The van der Waals surface area contributed by atoms with Gasteiger partial charge in [0.1, 0.15) is 4.75 Å². The van der Waals surface area contributed by atoms with Crippen molar-refractivity contribution in [3.05, 3.63) is 29.3 Å². The van der Waals surface area contributed by atoms with E-state index in [4.69, 9.17) is 10.5 Å².